The fraction of sp³-hybridized carbons (Fsp3) is 0.533. The lowest BCUT2D eigenvalue weighted by molar-refractivity contribution is 0.0900. The van der Waals surface area contributed by atoms with Crippen LogP contribution in [0.2, 0.25) is 0 Å². The minimum atomic E-state index is -0.475. The van der Waals surface area contributed by atoms with Crippen molar-refractivity contribution in [2.75, 3.05) is 18.4 Å². The lowest BCUT2D eigenvalue weighted by Crippen LogP contribution is -2.32. The molecule has 0 aromatic heterocycles. The number of aliphatic hydroxyl groups is 1. The lowest BCUT2D eigenvalue weighted by Gasteiger charge is -2.14. The quantitative estimate of drug-likeness (QED) is 0.758. The third-order valence-corrected chi connectivity index (χ3v) is 3.32. The average Bonchev–Trinajstić information content (AvgIpc) is 2.82. The van der Waals surface area contributed by atoms with Crippen molar-refractivity contribution in [2.45, 2.75) is 32.8 Å². The van der Waals surface area contributed by atoms with Crippen LogP contribution >= 0.6 is 0 Å². The summed E-state index contributed by atoms with van der Waals surface area (Å²) in [5.41, 5.74) is 2.96. The third kappa shape index (κ3) is 3.70. The molecule has 104 valence electrons. The number of carbonyl (C=O) groups is 1. The van der Waals surface area contributed by atoms with Gasteiger partial charge in [0.25, 0.3) is 5.91 Å². The molecule has 4 nitrogen and oxygen atoms in total. The van der Waals surface area contributed by atoms with Crippen LogP contribution in [0.5, 0.6) is 0 Å². The molecule has 2 rings (SSSR count). The molecule has 19 heavy (non-hydrogen) atoms. The smallest absolute Gasteiger partial charge is 0.251 e. The molecule has 0 saturated carbocycles. The van der Waals surface area contributed by atoms with Crippen LogP contribution in [0, 0.1) is 5.92 Å². The van der Waals surface area contributed by atoms with Gasteiger partial charge in [0.15, 0.2) is 0 Å². The van der Waals surface area contributed by atoms with Crippen LogP contribution < -0.4 is 10.6 Å². The predicted molar refractivity (Wildman–Crippen MR) is 76.4 cm³/mol. The monoisotopic (exact) mass is 262 g/mol. The Bertz CT molecular complexity index is 457. The number of rotatable bonds is 5. The van der Waals surface area contributed by atoms with Crippen LogP contribution in [0.1, 0.15) is 36.2 Å². The number of carbonyl (C=O) groups excluding carboxylic acids is 1. The maximum absolute atomic E-state index is 12.0. The average molecular weight is 262 g/mol. The van der Waals surface area contributed by atoms with Crippen molar-refractivity contribution in [2.24, 2.45) is 5.92 Å². The minimum Gasteiger partial charge on any atom is -0.391 e. The van der Waals surface area contributed by atoms with Crippen molar-refractivity contribution in [3.8, 4) is 0 Å². The van der Waals surface area contributed by atoms with Gasteiger partial charge in [-0.15, -0.1) is 0 Å². The van der Waals surface area contributed by atoms with Crippen molar-refractivity contribution in [1.82, 2.24) is 5.32 Å². The molecule has 3 N–H and O–H groups in total. The highest BCUT2D eigenvalue weighted by molar-refractivity contribution is 5.95. The summed E-state index contributed by atoms with van der Waals surface area (Å²) in [6, 6.07) is 5.72. The van der Waals surface area contributed by atoms with Gasteiger partial charge in [0.05, 0.1) is 6.10 Å². The molecule has 0 fully saturated rings. The number of fused-ring (bicyclic) bond motifs is 1. The molecular formula is C15H22N2O2. The molecule has 1 atom stereocenters. The number of hydrogen-bond donors (Lipinski definition) is 3. The topological polar surface area (TPSA) is 61.4 Å². The van der Waals surface area contributed by atoms with E-state index in [4.69, 9.17) is 0 Å². The second kappa shape index (κ2) is 6.06. The molecule has 1 aliphatic heterocycles. The first-order chi connectivity index (χ1) is 9.06. The summed E-state index contributed by atoms with van der Waals surface area (Å²) in [4.78, 5) is 12.0. The minimum absolute atomic E-state index is 0.126. The van der Waals surface area contributed by atoms with E-state index in [1.807, 2.05) is 18.2 Å². The summed E-state index contributed by atoms with van der Waals surface area (Å²) in [7, 11) is 0. The second-order valence-electron chi connectivity index (χ2n) is 5.54. The Morgan fingerprint density at radius 2 is 2.26 bits per heavy atom. The maximum atomic E-state index is 12.0. The van der Waals surface area contributed by atoms with E-state index >= 15 is 0 Å². The van der Waals surface area contributed by atoms with Gasteiger partial charge in [0, 0.05) is 24.3 Å². The molecular weight excluding hydrogens is 240 g/mol. The summed E-state index contributed by atoms with van der Waals surface area (Å²) in [5.74, 6) is 0.301. The standard InChI is InChI=1S/C15H22N2O2/c1-10(2)7-13(18)9-17-15(19)12-4-3-11-5-6-16-14(11)8-12/h3-4,8,10,13,16,18H,5-7,9H2,1-2H3,(H,17,19). The Labute approximate surface area is 114 Å². The number of amides is 1. The molecule has 0 spiro atoms. The number of benzene rings is 1. The highest BCUT2D eigenvalue weighted by Gasteiger charge is 2.14. The van der Waals surface area contributed by atoms with Crippen molar-refractivity contribution >= 4 is 11.6 Å². The molecule has 1 aliphatic rings. The maximum Gasteiger partial charge on any atom is 0.251 e. The van der Waals surface area contributed by atoms with Gasteiger partial charge in [-0.1, -0.05) is 19.9 Å². The molecule has 0 aliphatic carbocycles. The summed E-state index contributed by atoms with van der Waals surface area (Å²) in [6.45, 7) is 5.35. The summed E-state index contributed by atoms with van der Waals surface area (Å²) in [5, 5.41) is 15.8. The Hall–Kier alpha value is -1.55. The van der Waals surface area contributed by atoms with Crippen molar-refractivity contribution in [3.63, 3.8) is 0 Å². The van der Waals surface area contributed by atoms with Gasteiger partial charge < -0.3 is 15.7 Å². The van der Waals surface area contributed by atoms with Crippen LogP contribution in [0.15, 0.2) is 18.2 Å². The first-order valence-electron chi connectivity index (χ1n) is 6.89. The van der Waals surface area contributed by atoms with Gasteiger partial charge in [-0.25, -0.2) is 0 Å². The Kier molecular flexibility index (Phi) is 4.43. The first-order valence-corrected chi connectivity index (χ1v) is 6.89. The zero-order valence-corrected chi connectivity index (χ0v) is 11.6. The van der Waals surface area contributed by atoms with Crippen molar-refractivity contribution < 1.29 is 9.90 Å². The number of nitrogens with one attached hydrogen (secondary N) is 2. The van der Waals surface area contributed by atoms with Crippen molar-refractivity contribution in [3.05, 3.63) is 29.3 Å². The van der Waals surface area contributed by atoms with Crippen molar-refractivity contribution in [1.29, 1.82) is 0 Å². The highest BCUT2D eigenvalue weighted by Crippen LogP contribution is 2.23. The summed E-state index contributed by atoms with van der Waals surface area (Å²) >= 11 is 0. The molecule has 1 aromatic carbocycles. The van der Waals surface area contributed by atoms with E-state index in [0.29, 0.717) is 24.4 Å². The fourth-order valence-electron chi connectivity index (χ4n) is 2.37. The van der Waals surface area contributed by atoms with Crippen LogP contribution in [0.3, 0.4) is 0 Å². The zero-order valence-electron chi connectivity index (χ0n) is 11.6. The SMILES string of the molecule is CC(C)CC(O)CNC(=O)c1ccc2c(c1)NCC2. The number of hydrogen-bond acceptors (Lipinski definition) is 3. The largest absolute Gasteiger partial charge is 0.391 e. The first kappa shape index (κ1) is 13.9. The van der Waals surface area contributed by atoms with E-state index in [1.165, 1.54) is 5.56 Å². The molecule has 1 amide bonds. The summed E-state index contributed by atoms with van der Waals surface area (Å²) in [6.07, 6.45) is 1.24. The van der Waals surface area contributed by atoms with Gasteiger partial charge in [0.2, 0.25) is 0 Å². The van der Waals surface area contributed by atoms with E-state index in [2.05, 4.69) is 24.5 Å². The number of aliphatic hydroxyl groups excluding tert-OH is 1. The van der Waals surface area contributed by atoms with Crippen LogP contribution in [0.25, 0.3) is 0 Å². The van der Waals surface area contributed by atoms with E-state index in [9.17, 15) is 9.90 Å². The molecule has 1 unspecified atom stereocenters. The third-order valence-electron chi connectivity index (χ3n) is 3.32. The molecule has 4 heteroatoms. The Morgan fingerprint density at radius 3 is 3.00 bits per heavy atom. The van der Waals surface area contributed by atoms with Gasteiger partial charge in [-0.05, 0) is 36.5 Å². The summed E-state index contributed by atoms with van der Waals surface area (Å²) < 4.78 is 0. The van der Waals surface area contributed by atoms with Gasteiger partial charge in [-0.2, -0.15) is 0 Å². The van der Waals surface area contributed by atoms with E-state index in [0.717, 1.165) is 18.7 Å². The fourth-order valence-corrected chi connectivity index (χ4v) is 2.37. The van der Waals surface area contributed by atoms with Gasteiger partial charge >= 0.3 is 0 Å². The second-order valence-corrected chi connectivity index (χ2v) is 5.54. The molecule has 0 radical (unpaired) electrons. The van der Waals surface area contributed by atoms with Crippen LogP contribution in [-0.2, 0) is 6.42 Å². The van der Waals surface area contributed by atoms with Crippen LogP contribution in [-0.4, -0.2) is 30.2 Å². The Balaban J connectivity index is 1.90. The number of anilines is 1. The Morgan fingerprint density at radius 1 is 1.47 bits per heavy atom. The lowest BCUT2D eigenvalue weighted by atomic mass is 10.1. The van der Waals surface area contributed by atoms with E-state index in [1.54, 1.807) is 0 Å². The predicted octanol–water partition coefficient (Wildman–Crippen LogP) is 1.79. The van der Waals surface area contributed by atoms with Gasteiger partial charge in [-0.3, -0.25) is 4.79 Å². The normalized spacial score (nSPS) is 14.9. The molecule has 1 aromatic rings. The zero-order chi connectivity index (χ0) is 13.8. The van der Waals surface area contributed by atoms with E-state index < -0.39 is 6.10 Å². The van der Waals surface area contributed by atoms with Gasteiger partial charge in [0.1, 0.15) is 0 Å². The van der Waals surface area contributed by atoms with E-state index in [-0.39, 0.29) is 5.91 Å². The highest BCUT2D eigenvalue weighted by atomic mass is 16.3. The molecule has 1 heterocycles. The molecule has 0 saturated heterocycles. The van der Waals surface area contributed by atoms with Crippen LogP contribution in [0.4, 0.5) is 5.69 Å². The molecule has 0 bridgehead atoms.